The van der Waals surface area contributed by atoms with Gasteiger partial charge in [-0.1, -0.05) is 18.9 Å². The molecule has 1 aliphatic rings. The quantitative estimate of drug-likeness (QED) is 0.723. The van der Waals surface area contributed by atoms with Crippen molar-refractivity contribution in [2.75, 3.05) is 5.43 Å². The molecule has 1 saturated carbocycles. The molecule has 1 aromatic carbocycles. The number of hydrogen-bond donors (Lipinski definition) is 2. The highest BCUT2D eigenvalue weighted by Crippen LogP contribution is 2.18. The molecule has 0 heterocycles. The van der Waals surface area contributed by atoms with E-state index in [4.69, 9.17) is 0 Å². The van der Waals surface area contributed by atoms with Crippen LogP contribution in [0, 0.1) is 5.82 Å². The molecule has 2 N–H and O–H groups in total. The molecule has 0 spiro atoms. The fourth-order valence-electron chi connectivity index (χ4n) is 1.82. The van der Waals surface area contributed by atoms with Crippen LogP contribution in [-0.4, -0.2) is 6.04 Å². The summed E-state index contributed by atoms with van der Waals surface area (Å²) in [6, 6.07) is 7.03. The molecule has 1 fully saturated rings. The first-order valence-electron chi connectivity index (χ1n) is 5.12. The molecule has 2 nitrogen and oxygen atoms in total. The van der Waals surface area contributed by atoms with Gasteiger partial charge in [0.2, 0.25) is 0 Å². The maximum absolute atomic E-state index is 12.8. The predicted octanol–water partition coefficient (Wildman–Crippen LogP) is 2.68. The number of benzene rings is 1. The number of anilines is 1. The maximum atomic E-state index is 12.8. The number of hydrogen-bond acceptors (Lipinski definition) is 2. The first-order chi connectivity index (χ1) is 6.84. The zero-order valence-corrected chi connectivity index (χ0v) is 8.09. The van der Waals surface area contributed by atoms with Crippen molar-refractivity contribution in [3.05, 3.63) is 30.1 Å². The van der Waals surface area contributed by atoms with Crippen LogP contribution in [0.2, 0.25) is 0 Å². The van der Waals surface area contributed by atoms with Crippen molar-refractivity contribution in [2.24, 2.45) is 0 Å². The summed E-state index contributed by atoms with van der Waals surface area (Å²) < 4.78 is 12.8. The number of rotatable bonds is 3. The van der Waals surface area contributed by atoms with Gasteiger partial charge in [-0.25, -0.2) is 9.82 Å². The molecule has 0 amide bonds. The molecule has 1 aromatic rings. The highest BCUT2D eigenvalue weighted by atomic mass is 19.1. The first-order valence-corrected chi connectivity index (χ1v) is 5.12. The van der Waals surface area contributed by atoms with Crippen molar-refractivity contribution in [3.8, 4) is 0 Å². The van der Waals surface area contributed by atoms with Crippen molar-refractivity contribution in [1.82, 2.24) is 5.43 Å². The van der Waals surface area contributed by atoms with E-state index in [9.17, 15) is 4.39 Å². The summed E-state index contributed by atoms with van der Waals surface area (Å²) in [7, 11) is 0. The molecule has 1 aliphatic carbocycles. The monoisotopic (exact) mass is 194 g/mol. The molecular weight excluding hydrogens is 179 g/mol. The van der Waals surface area contributed by atoms with Crippen LogP contribution in [0.25, 0.3) is 0 Å². The van der Waals surface area contributed by atoms with E-state index in [1.807, 2.05) is 6.07 Å². The van der Waals surface area contributed by atoms with Gasteiger partial charge in [-0.05, 0) is 31.0 Å². The molecule has 0 saturated heterocycles. The Hall–Kier alpha value is -1.09. The van der Waals surface area contributed by atoms with Crippen LogP contribution in [-0.2, 0) is 0 Å². The zero-order valence-electron chi connectivity index (χ0n) is 8.09. The van der Waals surface area contributed by atoms with Crippen molar-refractivity contribution < 1.29 is 4.39 Å². The van der Waals surface area contributed by atoms with Crippen LogP contribution in [0.5, 0.6) is 0 Å². The van der Waals surface area contributed by atoms with Crippen LogP contribution in [0.3, 0.4) is 0 Å². The molecule has 2 rings (SSSR count). The topological polar surface area (TPSA) is 24.1 Å². The minimum atomic E-state index is -0.205. The smallest absolute Gasteiger partial charge is 0.125 e. The predicted molar refractivity (Wildman–Crippen MR) is 55.4 cm³/mol. The molecule has 76 valence electrons. The van der Waals surface area contributed by atoms with E-state index in [2.05, 4.69) is 10.9 Å². The molecule has 0 unspecified atom stereocenters. The second kappa shape index (κ2) is 4.42. The Kier molecular flexibility index (Phi) is 2.99. The van der Waals surface area contributed by atoms with Gasteiger partial charge in [0.1, 0.15) is 5.82 Å². The summed E-state index contributed by atoms with van der Waals surface area (Å²) in [4.78, 5) is 0. The van der Waals surface area contributed by atoms with E-state index >= 15 is 0 Å². The second-order valence-electron chi connectivity index (χ2n) is 3.76. The summed E-state index contributed by atoms with van der Waals surface area (Å²) >= 11 is 0. The standard InChI is InChI=1S/C11H15FN2/c12-9-4-3-7-11(8-9)14-13-10-5-1-2-6-10/h3-4,7-8,10,13-14H,1-2,5-6H2. The van der Waals surface area contributed by atoms with Crippen LogP contribution < -0.4 is 10.9 Å². The minimum Gasteiger partial charge on any atom is -0.321 e. The average Bonchev–Trinajstić information content (AvgIpc) is 2.67. The lowest BCUT2D eigenvalue weighted by molar-refractivity contribution is 0.575. The molecular formula is C11H15FN2. The summed E-state index contributed by atoms with van der Waals surface area (Å²) in [5.41, 5.74) is 7.03. The SMILES string of the molecule is Fc1cccc(NNC2CCCC2)c1. The summed E-state index contributed by atoms with van der Waals surface area (Å²) in [5.74, 6) is -0.205. The van der Waals surface area contributed by atoms with E-state index in [0.717, 1.165) is 5.69 Å². The van der Waals surface area contributed by atoms with Gasteiger partial charge in [0.15, 0.2) is 0 Å². The normalized spacial score (nSPS) is 17.2. The van der Waals surface area contributed by atoms with Crippen LogP contribution in [0.4, 0.5) is 10.1 Å². The van der Waals surface area contributed by atoms with Gasteiger partial charge < -0.3 is 5.43 Å². The third-order valence-corrected chi connectivity index (χ3v) is 2.60. The van der Waals surface area contributed by atoms with Gasteiger partial charge in [-0.15, -0.1) is 0 Å². The lowest BCUT2D eigenvalue weighted by Gasteiger charge is -2.13. The van der Waals surface area contributed by atoms with Gasteiger partial charge in [0.05, 0.1) is 5.69 Å². The summed E-state index contributed by atoms with van der Waals surface area (Å²) in [6.45, 7) is 0. The molecule has 0 aromatic heterocycles. The first kappa shape index (κ1) is 9.46. The third kappa shape index (κ3) is 2.45. The average molecular weight is 194 g/mol. The van der Waals surface area contributed by atoms with Crippen LogP contribution in [0.1, 0.15) is 25.7 Å². The van der Waals surface area contributed by atoms with Gasteiger partial charge >= 0.3 is 0 Å². The molecule has 0 aliphatic heterocycles. The van der Waals surface area contributed by atoms with Gasteiger partial charge in [-0.2, -0.15) is 0 Å². The van der Waals surface area contributed by atoms with Gasteiger partial charge in [0, 0.05) is 6.04 Å². The third-order valence-electron chi connectivity index (χ3n) is 2.60. The summed E-state index contributed by atoms with van der Waals surface area (Å²) in [6.07, 6.45) is 5.01. The van der Waals surface area contributed by atoms with Gasteiger partial charge in [0.25, 0.3) is 0 Å². The molecule has 0 bridgehead atoms. The number of hydrazine groups is 1. The maximum Gasteiger partial charge on any atom is 0.125 e. The Bertz CT molecular complexity index is 295. The highest BCUT2D eigenvalue weighted by Gasteiger charge is 2.13. The second-order valence-corrected chi connectivity index (χ2v) is 3.76. The molecule has 0 radical (unpaired) electrons. The van der Waals surface area contributed by atoms with Crippen molar-refractivity contribution in [2.45, 2.75) is 31.7 Å². The molecule has 3 heteroatoms. The molecule has 14 heavy (non-hydrogen) atoms. The van der Waals surface area contributed by atoms with E-state index < -0.39 is 0 Å². The Labute approximate surface area is 83.5 Å². The highest BCUT2D eigenvalue weighted by molar-refractivity contribution is 5.41. The fourth-order valence-corrected chi connectivity index (χ4v) is 1.82. The van der Waals surface area contributed by atoms with Crippen LogP contribution >= 0.6 is 0 Å². The van der Waals surface area contributed by atoms with Crippen molar-refractivity contribution in [3.63, 3.8) is 0 Å². The largest absolute Gasteiger partial charge is 0.321 e. The Morgan fingerprint density at radius 1 is 1.21 bits per heavy atom. The number of halogens is 1. The van der Waals surface area contributed by atoms with E-state index in [1.165, 1.54) is 37.8 Å². The van der Waals surface area contributed by atoms with E-state index in [0.29, 0.717) is 6.04 Å². The fraction of sp³-hybridized carbons (Fsp3) is 0.455. The van der Waals surface area contributed by atoms with Crippen molar-refractivity contribution in [1.29, 1.82) is 0 Å². The molecule has 0 atom stereocenters. The lowest BCUT2D eigenvalue weighted by Crippen LogP contribution is -2.31. The van der Waals surface area contributed by atoms with Crippen molar-refractivity contribution >= 4 is 5.69 Å². The zero-order chi connectivity index (χ0) is 9.80. The van der Waals surface area contributed by atoms with E-state index in [-0.39, 0.29) is 5.82 Å². The number of nitrogens with one attached hydrogen (secondary N) is 2. The summed E-state index contributed by atoms with van der Waals surface area (Å²) in [5, 5.41) is 0. The Morgan fingerprint density at radius 3 is 2.71 bits per heavy atom. The van der Waals surface area contributed by atoms with Crippen LogP contribution in [0.15, 0.2) is 24.3 Å². The lowest BCUT2D eigenvalue weighted by atomic mass is 10.3. The Balaban J connectivity index is 1.85. The minimum absolute atomic E-state index is 0.205. The van der Waals surface area contributed by atoms with E-state index in [1.54, 1.807) is 6.07 Å². The Morgan fingerprint density at radius 2 is 2.00 bits per heavy atom. The van der Waals surface area contributed by atoms with Gasteiger partial charge in [-0.3, -0.25) is 0 Å².